The van der Waals surface area contributed by atoms with Crippen molar-refractivity contribution in [2.75, 3.05) is 0 Å². The molecular weight excluding hydrogens is 234 g/mol. The highest BCUT2D eigenvalue weighted by molar-refractivity contribution is 9.10. The van der Waals surface area contributed by atoms with Crippen molar-refractivity contribution in [1.29, 1.82) is 0 Å². The zero-order chi connectivity index (χ0) is 9.19. The molecule has 0 bridgehead atoms. The highest BCUT2D eigenvalue weighted by Crippen LogP contribution is 2.23. The quantitative estimate of drug-likeness (QED) is 0.591. The van der Waals surface area contributed by atoms with E-state index in [2.05, 4.69) is 40.6 Å². The van der Waals surface area contributed by atoms with E-state index in [1.165, 1.54) is 0 Å². The predicted octanol–water partition coefficient (Wildman–Crippen LogP) is 3.06. The van der Waals surface area contributed by atoms with Crippen molar-refractivity contribution in [2.45, 2.75) is 19.6 Å². The average Bonchev–Trinajstić information content (AvgIpc) is 1.91. The molecule has 1 rings (SSSR count). The molecule has 0 unspecified atom stereocenters. The molecule has 0 aliphatic carbocycles. The maximum Gasteiger partial charge on any atom is 0.242 e. The van der Waals surface area contributed by atoms with Crippen LogP contribution in [0.5, 0.6) is 5.75 Å². The highest BCUT2D eigenvalue weighted by atomic mass is 79.9. The molecule has 1 aromatic heterocycles. The van der Waals surface area contributed by atoms with Crippen molar-refractivity contribution in [2.24, 2.45) is 0 Å². The Labute approximate surface area is 82.2 Å². The molecule has 0 spiro atoms. The van der Waals surface area contributed by atoms with Gasteiger partial charge in [-0.2, -0.15) is 0 Å². The first kappa shape index (κ1) is 9.73. The molecule has 0 atom stereocenters. The molecule has 0 amide bonds. The minimum atomic E-state index is -1.50. The average molecular weight is 246 g/mol. The fourth-order valence-electron chi connectivity index (χ4n) is 0.777. The molecule has 0 saturated carbocycles. The number of rotatable bonds is 2. The molecule has 0 aliphatic rings. The molecule has 0 N–H and O–H groups in total. The Morgan fingerprint density at radius 3 is 2.58 bits per heavy atom. The molecule has 0 radical (unpaired) electrons. The van der Waals surface area contributed by atoms with Crippen LogP contribution in [0.2, 0.25) is 19.6 Å². The lowest BCUT2D eigenvalue weighted by molar-refractivity contribution is 0.550. The Morgan fingerprint density at radius 2 is 2.08 bits per heavy atom. The van der Waals surface area contributed by atoms with Crippen LogP contribution in [0.15, 0.2) is 22.9 Å². The Balaban J connectivity index is 2.83. The second-order valence-corrected chi connectivity index (χ2v) is 8.69. The lowest BCUT2D eigenvalue weighted by atomic mass is 10.5. The van der Waals surface area contributed by atoms with E-state index in [0.717, 1.165) is 10.4 Å². The number of pyridine rings is 1. The largest absolute Gasteiger partial charge is 0.543 e. The van der Waals surface area contributed by atoms with E-state index < -0.39 is 8.32 Å². The Bertz CT molecular complexity index is 272. The summed E-state index contributed by atoms with van der Waals surface area (Å²) in [5.41, 5.74) is 0. The summed E-state index contributed by atoms with van der Waals surface area (Å²) in [6, 6.07) is 3.80. The van der Waals surface area contributed by atoms with Gasteiger partial charge in [0.25, 0.3) is 0 Å². The van der Waals surface area contributed by atoms with Crippen LogP contribution in [0.3, 0.4) is 0 Å². The van der Waals surface area contributed by atoms with Crippen LogP contribution in [0, 0.1) is 0 Å². The minimum Gasteiger partial charge on any atom is -0.543 e. The highest BCUT2D eigenvalue weighted by Gasteiger charge is 2.17. The smallest absolute Gasteiger partial charge is 0.242 e. The van der Waals surface area contributed by atoms with E-state index in [4.69, 9.17) is 4.43 Å². The Morgan fingerprint density at radius 1 is 1.42 bits per heavy atom. The lowest BCUT2D eigenvalue weighted by Crippen LogP contribution is -2.29. The Hall–Kier alpha value is -0.353. The van der Waals surface area contributed by atoms with Gasteiger partial charge in [0.2, 0.25) is 8.32 Å². The van der Waals surface area contributed by atoms with Gasteiger partial charge >= 0.3 is 0 Å². The van der Waals surface area contributed by atoms with Gasteiger partial charge in [0.15, 0.2) is 0 Å². The van der Waals surface area contributed by atoms with Crippen LogP contribution in [0.4, 0.5) is 0 Å². The van der Waals surface area contributed by atoms with Crippen molar-refractivity contribution in [3.8, 4) is 5.75 Å². The normalized spacial score (nSPS) is 11.3. The van der Waals surface area contributed by atoms with Gasteiger partial charge in [-0.3, -0.25) is 0 Å². The number of hydrogen-bond acceptors (Lipinski definition) is 2. The molecule has 1 heterocycles. The molecule has 0 saturated heterocycles. The maximum absolute atomic E-state index is 5.76. The van der Waals surface area contributed by atoms with E-state index in [-0.39, 0.29) is 0 Å². The van der Waals surface area contributed by atoms with Crippen LogP contribution >= 0.6 is 15.9 Å². The fraction of sp³-hybridized carbons (Fsp3) is 0.375. The van der Waals surface area contributed by atoms with Gasteiger partial charge < -0.3 is 4.43 Å². The number of halogens is 1. The van der Waals surface area contributed by atoms with E-state index >= 15 is 0 Å². The van der Waals surface area contributed by atoms with Crippen molar-refractivity contribution in [1.82, 2.24) is 4.98 Å². The second kappa shape index (κ2) is 3.58. The maximum atomic E-state index is 5.76. The summed E-state index contributed by atoms with van der Waals surface area (Å²) in [5, 5.41) is 0. The van der Waals surface area contributed by atoms with E-state index in [0.29, 0.717) is 0 Å². The van der Waals surface area contributed by atoms with Gasteiger partial charge in [-0.05, 0) is 47.7 Å². The van der Waals surface area contributed by atoms with E-state index in [1.807, 2.05) is 12.1 Å². The standard InChI is InChI=1S/C8H12BrNOSi/c1-12(2,3)11-7-5-4-6-10-8(7)9/h4-6H,1-3H3. The van der Waals surface area contributed by atoms with E-state index in [1.54, 1.807) is 6.20 Å². The van der Waals surface area contributed by atoms with Crippen molar-refractivity contribution >= 4 is 24.2 Å². The molecule has 12 heavy (non-hydrogen) atoms. The SMILES string of the molecule is C[Si](C)(C)Oc1cccnc1Br. The van der Waals surface area contributed by atoms with E-state index in [9.17, 15) is 0 Å². The van der Waals surface area contributed by atoms with Gasteiger partial charge in [0, 0.05) is 6.20 Å². The third-order valence-corrected chi connectivity index (χ3v) is 2.57. The monoisotopic (exact) mass is 245 g/mol. The van der Waals surface area contributed by atoms with Gasteiger partial charge in [-0.25, -0.2) is 4.98 Å². The molecule has 2 nitrogen and oxygen atoms in total. The number of hydrogen-bond donors (Lipinski definition) is 0. The molecule has 1 aromatic rings. The van der Waals surface area contributed by atoms with Crippen LogP contribution < -0.4 is 4.43 Å². The molecule has 4 heteroatoms. The Kier molecular flexibility index (Phi) is 2.90. The van der Waals surface area contributed by atoms with Crippen molar-refractivity contribution in [3.63, 3.8) is 0 Å². The van der Waals surface area contributed by atoms with Crippen molar-refractivity contribution in [3.05, 3.63) is 22.9 Å². The topological polar surface area (TPSA) is 22.1 Å². The van der Waals surface area contributed by atoms with Gasteiger partial charge in [0.05, 0.1) is 0 Å². The summed E-state index contributed by atoms with van der Waals surface area (Å²) < 4.78 is 6.55. The second-order valence-electron chi connectivity index (χ2n) is 3.51. The van der Waals surface area contributed by atoms with Crippen LogP contribution in [-0.4, -0.2) is 13.3 Å². The number of nitrogens with zero attached hydrogens (tertiary/aromatic N) is 1. The molecule has 0 aromatic carbocycles. The van der Waals surface area contributed by atoms with Gasteiger partial charge in [-0.1, -0.05) is 0 Å². The summed E-state index contributed by atoms with van der Waals surface area (Å²) in [7, 11) is -1.50. The summed E-state index contributed by atoms with van der Waals surface area (Å²) in [6.07, 6.45) is 1.74. The molecule has 0 aliphatic heterocycles. The lowest BCUT2D eigenvalue weighted by Gasteiger charge is -2.19. The van der Waals surface area contributed by atoms with Crippen LogP contribution in [0.25, 0.3) is 0 Å². The zero-order valence-electron chi connectivity index (χ0n) is 7.47. The van der Waals surface area contributed by atoms with Crippen LogP contribution in [0.1, 0.15) is 0 Å². The van der Waals surface area contributed by atoms with Gasteiger partial charge in [0.1, 0.15) is 10.4 Å². The summed E-state index contributed by atoms with van der Waals surface area (Å²) in [5.74, 6) is 0.844. The molecule has 66 valence electrons. The van der Waals surface area contributed by atoms with Gasteiger partial charge in [-0.15, -0.1) is 0 Å². The summed E-state index contributed by atoms with van der Waals surface area (Å²) in [4.78, 5) is 4.08. The first-order valence-electron chi connectivity index (χ1n) is 3.78. The third-order valence-electron chi connectivity index (χ3n) is 1.14. The van der Waals surface area contributed by atoms with Crippen LogP contribution in [-0.2, 0) is 0 Å². The zero-order valence-corrected chi connectivity index (χ0v) is 10.1. The summed E-state index contributed by atoms with van der Waals surface area (Å²) >= 11 is 3.34. The first-order chi connectivity index (χ1) is 5.49. The minimum absolute atomic E-state index is 0.785. The first-order valence-corrected chi connectivity index (χ1v) is 7.99. The third kappa shape index (κ3) is 2.95. The molecule has 0 fully saturated rings. The fourth-order valence-corrected chi connectivity index (χ4v) is 2.08. The van der Waals surface area contributed by atoms with Crippen molar-refractivity contribution < 1.29 is 4.43 Å². The number of aromatic nitrogens is 1. The molecular formula is C8H12BrNOSi. The summed E-state index contributed by atoms with van der Waals surface area (Å²) in [6.45, 7) is 6.44. The predicted molar refractivity (Wildman–Crippen MR) is 55.9 cm³/mol.